The molecule has 0 bridgehead atoms. The third kappa shape index (κ3) is 2.19. The molecule has 0 saturated heterocycles. The molecule has 0 aliphatic rings. The van der Waals surface area contributed by atoms with Crippen molar-refractivity contribution in [3.63, 3.8) is 0 Å². The van der Waals surface area contributed by atoms with Crippen LogP contribution in [-0.4, -0.2) is 0 Å². The maximum absolute atomic E-state index is 3.04. The normalized spacial score (nSPS) is 7.78. The Hall–Kier alpha value is -0.285. The predicted molar refractivity (Wildman–Crippen MR) is 33.3 cm³/mol. The van der Waals surface area contributed by atoms with Crippen LogP contribution >= 0.6 is 0 Å². The number of rotatable bonds is 0. The molecule has 0 aliphatic carbocycles. The minimum absolute atomic E-state index is 0.612. The van der Waals surface area contributed by atoms with Gasteiger partial charge in [-0.3, -0.25) is 0 Å². The van der Waals surface area contributed by atoms with Crippen LogP contribution in [0.5, 0.6) is 0 Å². The van der Waals surface area contributed by atoms with Gasteiger partial charge in [0, 0.05) is 0 Å². The van der Waals surface area contributed by atoms with Crippen molar-refractivity contribution in [3.05, 3.63) is 35.9 Å². The summed E-state index contributed by atoms with van der Waals surface area (Å²) in [6, 6.07) is 10.1. The van der Waals surface area contributed by atoms with E-state index in [0.29, 0.717) is 26.1 Å². The fraction of sp³-hybridized carbons (Fsp3) is 0. The minimum atomic E-state index is 0.612. The Kier molecular flexibility index (Phi) is 2.80. The monoisotopic (exact) mass is 303 g/mol. The second-order valence-electron chi connectivity index (χ2n) is 1.67. The standard InChI is InChI=1S/C8H5.Hg/c1-2-8-6-4-3-5-7-8;/h3-7H;. The van der Waals surface area contributed by atoms with Gasteiger partial charge in [-0.05, 0) is 0 Å². The van der Waals surface area contributed by atoms with Crippen molar-refractivity contribution in [1.82, 2.24) is 0 Å². The van der Waals surface area contributed by atoms with Crippen LogP contribution in [0.15, 0.2) is 30.3 Å². The Bertz CT molecular complexity index is 228. The number of hydrogen-bond acceptors (Lipinski definition) is 0. The van der Waals surface area contributed by atoms with E-state index in [-0.39, 0.29) is 0 Å². The van der Waals surface area contributed by atoms with E-state index in [0.717, 1.165) is 5.56 Å². The van der Waals surface area contributed by atoms with Gasteiger partial charge < -0.3 is 0 Å². The molecule has 0 aliphatic heterocycles. The summed E-state index contributed by atoms with van der Waals surface area (Å²) >= 11 is 0.612. The van der Waals surface area contributed by atoms with Gasteiger partial charge in [0.25, 0.3) is 0 Å². The average molecular weight is 302 g/mol. The van der Waals surface area contributed by atoms with Crippen molar-refractivity contribution in [1.29, 1.82) is 0 Å². The summed E-state index contributed by atoms with van der Waals surface area (Å²) in [7, 11) is 0. The molecule has 9 heavy (non-hydrogen) atoms. The Balaban J connectivity index is 2.94. The van der Waals surface area contributed by atoms with Crippen LogP contribution in [0.2, 0.25) is 0 Å². The Morgan fingerprint density at radius 2 is 1.78 bits per heavy atom. The molecule has 0 heterocycles. The molecule has 0 nitrogen and oxygen atoms in total. The van der Waals surface area contributed by atoms with Crippen molar-refractivity contribution < 1.29 is 26.1 Å². The first-order valence-corrected chi connectivity index (χ1v) is 5.51. The van der Waals surface area contributed by atoms with E-state index in [1.807, 2.05) is 30.3 Å². The Morgan fingerprint density at radius 1 is 1.11 bits per heavy atom. The predicted octanol–water partition coefficient (Wildman–Crippen LogP) is 1.54. The number of benzene rings is 1. The van der Waals surface area contributed by atoms with Crippen molar-refractivity contribution in [2.75, 3.05) is 0 Å². The second-order valence-corrected chi connectivity index (χ2v) is 3.04. The topological polar surface area (TPSA) is 0 Å². The van der Waals surface area contributed by atoms with E-state index >= 15 is 0 Å². The van der Waals surface area contributed by atoms with Gasteiger partial charge in [-0.2, -0.15) is 0 Å². The SMILES string of the molecule is [Hg][C]#Cc1ccccc1. The summed E-state index contributed by atoms with van der Waals surface area (Å²) in [5, 5.41) is 0. The molecule has 0 spiro atoms. The van der Waals surface area contributed by atoms with Crippen molar-refractivity contribution in [3.8, 4) is 9.35 Å². The molecule has 1 heteroatoms. The van der Waals surface area contributed by atoms with Crippen LogP contribution in [0.25, 0.3) is 0 Å². The van der Waals surface area contributed by atoms with Crippen LogP contribution in [-0.2, 0) is 26.1 Å². The molecule has 0 unspecified atom stereocenters. The summed E-state index contributed by atoms with van der Waals surface area (Å²) in [4.78, 5) is 0. The average Bonchev–Trinajstić information content (AvgIpc) is 1.91. The van der Waals surface area contributed by atoms with Crippen molar-refractivity contribution >= 4 is 0 Å². The second kappa shape index (κ2) is 3.69. The van der Waals surface area contributed by atoms with Crippen molar-refractivity contribution in [2.45, 2.75) is 0 Å². The maximum atomic E-state index is 3.04. The zero-order valence-electron chi connectivity index (χ0n) is 5.09. The fourth-order valence-corrected chi connectivity index (χ4v) is 1.42. The first kappa shape index (κ1) is 6.83. The van der Waals surface area contributed by atoms with Gasteiger partial charge in [-0.25, -0.2) is 0 Å². The van der Waals surface area contributed by atoms with Gasteiger partial charge in [0.15, 0.2) is 0 Å². The molecule has 0 aromatic heterocycles. The number of hydrogen-bond donors (Lipinski definition) is 0. The Morgan fingerprint density at radius 3 is 2.33 bits per heavy atom. The molecule has 0 N–H and O–H groups in total. The first-order valence-electron chi connectivity index (χ1n) is 2.76. The van der Waals surface area contributed by atoms with Crippen LogP contribution in [0.4, 0.5) is 0 Å². The summed E-state index contributed by atoms with van der Waals surface area (Å²) in [6.45, 7) is 0. The summed E-state index contributed by atoms with van der Waals surface area (Å²) < 4.78 is 3.03. The van der Waals surface area contributed by atoms with E-state index in [1.54, 1.807) is 0 Å². The van der Waals surface area contributed by atoms with Crippen LogP contribution in [0.3, 0.4) is 0 Å². The van der Waals surface area contributed by atoms with Crippen molar-refractivity contribution in [2.24, 2.45) is 0 Å². The first-order chi connectivity index (χ1) is 4.43. The van der Waals surface area contributed by atoms with Gasteiger partial charge in [0.05, 0.1) is 0 Å². The molecular formula is C8H5Hg. The molecule has 1 aromatic carbocycles. The molecule has 0 fully saturated rings. The van der Waals surface area contributed by atoms with Gasteiger partial charge in [0.1, 0.15) is 0 Å². The molecule has 1 aromatic rings. The van der Waals surface area contributed by atoms with Crippen LogP contribution in [0, 0.1) is 9.35 Å². The van der Waals surface area contributed by atoms with Gasteiger partial charge in [-0.15, -0.1) is 0 Å². The molecule has 39 valence electrons. The third-order valence-electron chi connectivity index (χ3n) is 1.01. The summed E-state index contributed by atoms with van der Waals surface area (Å²) in [6.07, 6.45) is 0. The van der Waals surface area contributed by atoms with E-state index < -0.39 is 0 Å². The zero-order valence-corrected chi connectivity index (χ0v) is 10.6. The van der Waals surface area contributed by atoms with Crippen LogP contribution < -0.4 is 0 Å². The Labute approximate surface area is 71.3 Å². The van der Waals surface area contributed by atoms with E-state index in [2.05, 4.69) is 9.35 Å². The van der Waals surface area contributed by atoms with E-state index in [9.17, 15) is 0 Å². The third-order valence-corrected chi connectivity index (χ3v) is 1.69. The fourth-order valence-electron chi connectivity index (χ4n) is 0.624. The zero-order chi connectivity index (χ0) is 6.53. The molecular weight excluding hydrogens is 297 g/mol. The summed E-state index contributed by atoms with van der Waals surface area (Å²) in [5.74, 6) is 3.04. The molecule has 1 rings (SSSR count). The van der Waals surface area contributed by atoms with E-state index in [4.69, 9.17) is 0 Å². The molecule has 0 saturated carbocycles. The molecule has 0 atom stereocenters. The molecule has 0 amide bonds. The summed E-state index contributed by atoms with van der Waals surface area (Å²) in [5.41, 5.74) is 1.13. The van der Waals surface area contributed by atoms with Gasteiger partial charge >= 0.3 is 71.4 Å². The molecule has 0 radical (unpaired) electrons. The van der Waals surface area contributed by atoms with Crippen LogP contribution in [0.1, 0.15) is 5.56 Å². The van der Waals surface area contributed by atoms with Gasteiger partial charge in [-0.1, -0.05) is 0 Å². The van der Waals surface area contributed by atoms with E-state index in [1.165, 1.54) is 0 Å². The van der Waals surface area contributed by atoms with Gasteiger partial charge in [0.2, 0.25) is 0 Å². The quantitative estimate of drug-likeness (QED) is 0.504.